The summed E-state index contributed by atoms with van der Waals surface area (Å²) in [5.74, 6) is -6.47. The molecule has 2 aromatic rings. The van der Waals surface area contributed by atoms with Crippen molar-refractivity contribution in [3.63, 3.8) is 0 Å². The molecular weight excluding hydrogens is 361 g/mol. The number of aromatic nitrogens is 2. The molecule has 144 valence electrons. The Hall–Kier alpha value is -2.42. The predicted octanol–water partition coefficient (Wildman–Crippen LogP) is 1.94. The predicted molar refractivity (Wildman–Crippen MR) is 91.0 cm³/mol. The summed E-state index contributed by atoms with van der Waals surface area (Å²) >= 11 is 0. The number of alkyl halides is 2. The Labute approximate surface area is 153 Å². The lowest BCUT2D eigenvalue weighted by atomic mass is 9.85. The molecule has 0 aliphatic carbocycles. The van der Waals surface area contributed by atoms with E-state index >= 15 is 0 Å². The van der Waals surface area contributed by atoms with Gasteiger partial charge in [-0.2, -0.15) is 5.10 Å². The van der Waals surface area contributed by atoms with Gasteiger partial charge in [-0.15, -0.1) is 0 Å². The van der Waals surface area contributed by atoms with Crippen LogP contribution in [0.15, 0.2) is 12.1 Å². The number of imide groups is 1. The van der Waals surface area contributed by atoms with Gasteiger partial charge in [-0.1, -0.05) is 0 Å². The Kier molecular flexibility index (Phi) is 4.21. The normalized spacial score (nSPS) is 25.6. The van der Waals surface area contributed by atoms with Crippen LogP contribution in [-0.2, 0) is 16.6 Å². The van der Waals surface area contributed by atoms with Crippen molar-refractivity contribution in [3.8, 4) is 0 Å². The highest BCUT2D eigenvalue weighted by Gasteiger charge is 2.44. The number of benzene rings is 1. The highest BCUT2D eigenvalue weighted by molar-refractivity contribution is 6.02. The zero-order valence-corrected chi connectivity index (χ0v) is 14.7. The number of rotatable bonds is 2. The number of halogens is 3. The minimum absolute atomic E-state index is 0.0353. The molecule has 2 N–H and O–H groups in total. The van der Waals surface area contributed by atoms with Crippen molar-refractivity contribution in [2.24, 2.45) is 7.05 Å². The van der Waals surface area contributed by atoms with Gasteiger partial charge < -0.3 is 5.32 Å². The van der Waals surface area contributed by atoms with Gasteiger partial charge in [-0.3, -0.25) is 19.6 Å². The number of hydrogen-bond acceptors (Lipinski definition) is 4. The van der Waals surface area contributed by atoms with Crippen LogP contribution in [0.2, 0.25) is 0 Å². The first kappa shape index (κ1) is 18.0. The van der Waals surface area contributed by atoms with Crippen LogP contribution in [0.4, 0.5) is 13.2 Å². The Morgan fingerprint density at radius 1 is 1.26 bits per heavy atom. The highest BCUT2D eigenvalue weighted by Crippen LogP contribution is 2.41. The molecule has 0 radical (unpaired) electrons. The highest BCUT2D eigenvalue weighted by atomic mass is 19.3. The molecule has 3 heterocycles. The molecule has 2 aliphatic rings. The molecule has 2 aliphatic heterocycles. The SMILES string of the molecule is Cn1nc(C2CCC(=O)NC2=O)c2cc(F)c(C3CCNCC3(F)F)cc21. The van der Waals surface area contributed by atoms with E-state index in [9.17, 15) is 22.8 Å². The first-order chi connectivity index (χ1) is 12.8. The third-order valence-electron chi connectivity index (χ3n) is 5.42. The summed E-state index contributed by atoms with van der Waals surface area (Å²) in [6.07, 6.45) is 0.593. The molecule has 2 amide bonds. The van der Waals surface area contributed by atoms with Crippen molar-refractivity contribution in [3.05, 3.63) is 29.2 Å². The molecule has 1 aromatic carbocycles. The summed E-state index contributed by atoms with van der Waals surface area (Å²) in [7, 11) is 1.62. The summed E-state index contributed by atoms with van der Waals surface area (Å²) in [6.45, 7) is -0.0906. The monoisotopic (exact) mass is 380 g/mol. The average molecular weight is 380 g/mol. The van der Waals surface area contributed by atoms with E-state index in [1.165, 1.54) is 16.8 Å². The number of piperidine rings is 2. The van der Waals surface area contributed by atoms with E-state index < -0.39 is 36.0 Å². The number of carbonyl (C=O) groups excluding carboxylic acids is 2. The first-order valence-electron chi connectivity index (χ1n) is 8.86. The van der Waals surface area contributed by atoms with Crippen molar-refractivity contribution < 1.29 is 22.8 Å². The van der Waals surface area contributed by atoms with Crippen LogP contribution in [-0.4, -0.2) is 40.6 Å². The van der Waals surface area contributed by atoms with Gasteiger partial charge in [-0.05, 0) is 37.1 Å². The van der Waals surface area contributed by atoms with Crippen LogP contribution in [0.25, 0.3) is 10.9 Å². The maximum atomic E-state index is 14.8. The molecule has 2 fully saturated rings. The van der Waals surface area contributed by atoms with Gasteiger partial charge >= 0.3 is 0 Å². The minimum atomic E-state index is -3.04. The Balaban J connectivity index is 1.79. The Morgan fingerprint density at radius 3 is 2.74 bits per heavy atom. The number of carbonyl (C=O) groups is 2. The van der Waals surface area contributed by atoms with Gasteiger partial charge in [0.1, 0.15) is 5.82 Å². The van der Waals surface area contributed by atoms with E-state index in [4.69, 9.17) is 0 Å². The molecule has 27 heavy (non-hydrogen) atoms. The number of aryl methyl sites for hydroxylation is 1. The number of fused-ring (bicyclic) bond motifs is 1. The average Bonchev–Trinajstić information content (AvgIpc) is 2.90. The van der Waals surface area contributed by atoms with E-state index in [1.54, 1.807) is 7.05 Å². The number of nitrogens with one attached hydrogen (secondary N) is 2. The molecule has 0 saturated carbocycles. The van der Waals surface area contributed by atoms with Crippen molar-refractivity contribution >= 4 is 22.7 Å². The van der Waals surface area contributed by atoms with Gasteiger partial charge in [0.05, 0.1) is 29.6 Å². The summed E-state index contributed by atoms with van der Waals surface area (Å²) in [4.78, 5) is 23.5. The largest absolute Gasteiger partial charge is 0.311 e. The van der Waals surface area contributed by atoms with Crippen LogP contribution in [0.3, 0.4) is 0 Å². The van der Waals surface area contributed by atoms with Crippen LogP contribution in [0.5, 0.6) is 0 Å². The zero-order chi connectivity index (χ0) is 19.3. The van der Waals surface area contributed by atoms with Crippen LogP contribution >= 0.6 is 0 Å². The second kappa shape index (κ2) is 6.33. The van der Waals surface area contributed by atoms with Crippen molar-refractivity contribution in [2.75, 3.05) is 13.1 Å². The molecule has 0 bridgehead atoms. The fourth-order valence-corrected chi connectivity index (χ4v) is 4.02. The van der Waals surface area contributed by atoms with Crippen molar-refractivity contribution in [1.29, 1.82) is 0 Å². The van der Waals surface area contributed by atoms with Gasteiger partial charge in [0.25, 0.3) is 5.92 Å². The van der Waals surface area contributed by atoms with Crippen molar-refractivity contribution in [1.82, 2.24) is 20.4 Å². The van der Waals surface area contributed by atoms with Crippen LogP contribution in [0.1, 0.15) is 42.4 Å². The second-order valence-electron chi connectivity index (χ2n) is 7.18. The number of nitrogens with zero attached hydrogens (tertiary/aromatic N) is 2. The molecule has 0 spiro atoms. The molecular formula is C18H19F3N4O2. The van der Waals surface area contributed by atoms with E-state index in [-0.39, 0.29) is 30.7 Å². The van der Waals surface area contributed by atoms with Gasteiger partial charge in [0.15, 0.2) is 0 Å². The lowest BCUT2D eigenvalue weighted by molar-refractivity contribution is -0.134. The standard InChI is InChI=1S/C18H19F3N4O2/c1-25-14-7-10(12-4-5-22-8-18(12,20)21)13(19)6-11(14)16(24-25)9-2-3-15(26)23-17(9)27/h6-7,9,12,22H,2-5,8H2,1H3,(H,23,26,27). The van der Waals surface area contributed by atoms with Gasteiger partial charge in [0, 0.05) is 18.9 Å². The number of hydrogen-bond donors (Lipinski definition) is 2. The summed E-state index contributed by atoms with van der Waals surface area (Å²) in [5.41, 5.74) is 0.812. The third kappa shape index (κ3) is 2.99. The summed E-state index contributed by atoms with van der Waals surface area (Å²) in [5, 5.41) is 9.64. The summed E-state index contributed by atoms with van der Waals surface area (Å²) in [6, 6.07) is 2.60. The second-order valence-corrected chi connectivity index (χ2v) is 7.18. The molecule has 4 rings (SSSR count). The Bertz CT molecular complexity index is 940. The maximum Gasteiger partial charge on any atom is 0.267 e. The fraction of sp³-hybridized carbons (Fsp3) is 0.500. The number of amides is 2. The fourth-order valence-electron chi connectivity index (χ4n) is 4.02. The maximum absolute atomic E-state index is 14.8. The topological polar surface area (TPSA) is 76.0 Å². The molecule has 9 heteroatoms. The van der Waals surface area contributed by atoms with Crippen LogP contribution < -0.4 is 10.6 Å². The van der Waals surface area contributed by atoms with E-state index in [2.05, 4.69) is 15.7 Å². The smallest absolute Gasteiger partial charge is 0.267 e. The minimum Gasteiger partial charge on any atom is -0.311 e. The van der Waals surface area contributed by atoms with E-state index in [0.29, 0.717) is 23.1 Å². The molecule has 2 saturated heterocycles. The molecule has 1 aromatic heterocycles. The van der Waals surface area contributed by atoms with Crippen LogP contribution in [0, 0.1) is 5.82 Å². The third-order valence-corrected chi connectivity index (χ3v) is 5.42. The zero-order valence-electron chi connectivity index (χ0n) is 14.7. The summed E-state index contributed by atoms with van der Waals surface area (Å²) < 4.78 is 44.9. The van der Waals surface area contributed by atoms with Gasteiger partial charge in [-0.25, -0.2) is 13.2 Å². The molecule has 2 atom stereocenters. The van der Waals surface area contributed by atoms with E-state index in [0.717, 1.165) is 0 Å². The van der Waals surface area contributed by atoms with Gasteiger partial charge in [0.2, 0.25) is 11.8 Å². The quantitative estimate of drug-likeness (QED) is 0.781. The lowest BCUT2D eigenvalue weighted by Crippen LogP contribution is -2.44. The Morgan fingerprint density at radius 2 is 2.04 bits per heavy atom. The lowest BCUT2D eigenvalue weighted by Gasteiger charge is -2.32. The molecule has 6 nitrogen and oxygen atoms in total. The van der Waals surface area contributed by atoms with Crippen molar-refractivity contribution in [2.45, 2.75) is 37.0 Å². The first-order valence-corrected chi connectivity index (χ1v) is 8.86. The molecule has 2 unspecified atom stereocenters. The van der Waals surface area contributed by atoms with E-state index in [1.807, 2.05) is 0 Å².